The van der Waals surface area contributed by atoms with Gasteiger partial charge in [-0.05, 0) is 38.2 Å². The molecule has 2 fully saturated rings. The van der Waals surface area contributed by atoms with Crippen molar-refractivity contribution in [2.24, 2.45) is 0 Å². The Bertz CT molecular complexity index is 550. The highest BCUT2D eigenvalue weighted by Gasteiger charge is 2.31. The zero-order chi connectivity index (χ0) is 12.7. The van der Waals surface area contributed by atoms with E-state index in [1.165, 1.54) is 31.4 Å². The van der Waals surface area contributed by atoms with Crippen LogP contribution in [0.5, 0.6) is 0 Å². The molecule has 1 aliphatic carbocycles. The summed E-state index contributed by atoms with van der Waals surface area (Å²) < 4.78 is 9.74. The van der Waals surface area contributed by atoms with E-state index in [2.05, 4.69) is 11.3 Å². The second-order valence-electron chi connectivity index (χ2n) is 5.43. The van der Waals surface area contributed by atoms with E-state index in [0.717, 1.165) is 18.7 Å². The van der Waals surface area contributed by atoms with Crippen LogP contribution in [-0.4, -0.2) is 26.2 Å². The molecule has 0 N–H and O–H groups in total. The van der Waals surface area contributed by atoms with Crippen molar-refractivity contribution in [3.63, 3.8) is 0 Å². The molecule has 1 aliphatic heterocycles. The Morgan fingerprint density at radius 1 is 1.21 bits per heavy atom. The molecule has 2 aromatic rings. The molecular weight excluding hydrogens is 240 g/mol. The van der Waals surface area contributed by atoms with Gasteiger partial charge in [-0.1, -0.05) is 0 Å². The van der Waals surface area contributed by atoms with Gasteiger partial charge in [-0.25, -0.2) is 9.36 Å². The Kier molecular flexibility index (Phi) is 2.65. The van der Waals surface area contributed by atoms with Crippen LogP contribution in [0.15, 0.2) is 24.7 Å². The van der Waals surface area contributed by atoms with Crippen molar-refractivity contribution in [1.29, 1.82) is 0 Å². The lowest BCUT2D eigenvalue weighted by Crippen LogP contribution is -2.18. The van der Waals surface area contributed by atoms with Crippen LogP contribution in [0.3, 0.4) is 0 Å². The Labute approximate surface area is 112 Å². The molecule has 1 unspecified atom stereocenters. The first-order valence-electron chi connectivity index (χ1n) is 7.12. The summed E-state index contributed by atoms with van der Waals surface area (Å²) in [6.07, 6.45) is 11.9. The molecule has 2 aliphatic rings. The number of hydrogen-bond donors (Lipinski definition) is 0. The first-order valence-corrected chi connectivity index (χ1v) is 7.12. The molecule has 1 saturated heterocycles. The van der Waals surface area contributed by atoms with Crippen molar-refractivity contribution in [3.8, 4) is 5.69 Å². The maximum Gasteiger partial charge on any atom is 0.150 e. The third-order valence-electron chi connectivity index (χ3n) is 3.91. The average molecular weight is 258 g/mol. The standard InChI is InChI=1S/C14H18N4O/c1-2-9-19-13(4-1)18-10-12(17-8-3-7-15-17)14(16-18)11-5-6-11/h3,7-8,10-11,13H,1-2,4-6,9H2. The van der Waals surface area contributed by atoms with Gasteiger partial charge in [0.25, 0.3) is 0 Å². The summed E-state index contributed by atoms with van der Waals surface area (Å²) in [5.41, 5.74) is 2.29. The molecule has 0 amide bonds. The summed E-state index contributed by atoms with van der Waals surface area (Å²) in [6, 6.07) is 1.95. The molecule has 5 heteroatoms. The second kappa shape index (κ2) is 4.49. The average Bonchev–Trinajstić information content (AvgIpc) is 3.00. The largest absolute Gasteiger partial charge is 0.357 e. The van der Waals surface area contributed by atoms with Gasteiger partial charge < -0.3 is 4.74 Å². The third-order valence-corrected chi connectivity index (χ3v) is 3.91. The highest BCUT2D eigenvalue weighted by Crippen LogP contribution is 2.42. The highest BCUT2D eigenvalue weighted by molar-refractivity contribution is 5.38. The van der Waals surface area contributed by atoms with Crippen LogP contribution in [0.25, 0.3) is 5.69 Å². The van der Waals surface area contributed by atoms with Crippen molar-refractivity contribution in [3.05, 3.63) is 30.4 Å². The van der Waals surface area contributed by atoms with Gasteiger partial charge in [0.15, 0.2) is 0 Å². The van der Waals surface area contributed by atoms with Crippen LogP contribution in [0.1, 0.15) is 49.9 Å². The second-order valence-corrected chi connectivity index (χ2v) is 5.43. The number of aromatic nitrogens is 4. The Balaban J connectivity index is 1.71. The summed E-state index contributed by atoms with van der Waals surface area (Å²) in [5.74, 6) is 0.615. The molecule has 4 rings (SSSR count). The SMILES string of the molecule is c1cnn(-c2cn(C3CCCCO3)nc2C2CC2)c1. The van der Waals surface area contributed by atoms with E-state index in [-0.39, 0.29) is 6.23 Å². The van der Waals surface area contributed by atoms with Gasteiger partial charge in [-0.3, -0.25) is 0 Å². The fourth-order valence-electron chi connectivity index (χ4n) is 2.71. The summed E-state index contributed by atoms with van der Waals surface area (Å²) in [4.78, 5) is 0. The Morgan fingerprint density at radius 2 is 2.16 bits per heavy atom. The number of ether oxygens (including phenoxy) is 1. The number of rotatable bonds is 3. The highest BCUT2D eigenvalue weighted by atomic mass is 16.5. The molecule has 19 heavy (non-hydrogen) atoms. The molecule has 2 aromatic heterocycles. The van der Waals surface area contributed by atoms with E-state index in [0.29, 0.717) is 5.92 Å². The van der Waals surface area contributed by atoms with Gasteiger partial charge in [-0.2, -0.15) is 10.2 Å². The van der Waals surface area contributed by atoms with Crippen LogP contribution < -0.4 is 0 Å². The lowest BCUT2D eigenvalue weighted by atomic mass is 10.2. The molecule has 0 radical (unpaired) electrons. The van der Waals surface area contributed by atoms with Gasteiger partial charge >= 0.3 is 0 Å². The minimum Gasteiger partial charge on any atom is -0.357 e. The maximum absolute atomic E-state index is 5.82. The van der Waals surface area contributed by atoms with Crippen molar-refractivity contribution < 1.29 is 4.74 Å². The van der Waals surface area contributed by atoms with Crippen molar-refractivity contribution >= 4 is 0 Å². The molecule has 0 aromatic carbocycles. The van der Waals surface area contributed by atoms with E-state index in [4.69, 9.17) is 9.84 Å². The van der Waals surface area contributed by atoms with Gasteiger partial charge in [0.2, 0.25) is 0 Å². The Hall–Kier alpha value is -1.62. The van der Waals surface area contributed by atoms with Crippen molar-refractivity contribution in [2.45, 2.75) is 44.2 Å². The van der Waals surface area contributed by atoms with Crippen LogP contribution in [0, 0.1) is 0 Å². The summed E-state index contributed by atoms with van der Waals surface area (Å²) in [7, 11) is 0. The van der Waals surface area contributed by atoms with E-state index in [1.807, 2.05) is 27.8 Å². The summed E-state index contributed by atoms with van der Waals surface area (Å²) >= 11 is 0. The van der Waals surface area contributed by atoms with E-state index >= 15 is 0 Å². The predicted molar refractivity (Wildman–Crippen MR) is 70.2 cm³/mol. The fourth-order valence-corrected chi connectivity index (χ4v) is 2.71. The predicted octanol–water partition coefficient (Wildman–Crippen LogP) is 2.65. The maximum atomic E-state index is 5.82. The molecule has 1 saturated carbocycles. The molecular formula is C14H18N4O. The molecule has 5 nitrogen and oxygen atoms in total. The van der Waals surface area contributed by atoms with Gasteiger partial charge in [0.1, 0.15) is 11.9 Å². The first kappa shape index (κ1) is 11.2. The topological polar surface area (TPSA) is 44.9 Å². The van der Waals surface area contributed by atoms with Crippen LogP contribution in [0.4, 0.5) is 0 Å². The van der Waals surface area contributed by atoms with E-state index in [9.17, 15) is 0 Å². The van der Waals surface area contributed by atoms with Gasteiger partial charge in [0.05, 0.1) is 11.9 Å². The summed E-state index contributed by atoms with van der Waals surface area (Å²) in [5, 5.41) is 9.12. The van der Waals surface area contributed by atoms with Crippen molar-refractivity contribution in [1.82, 2.24) is 19.6 Å². The van der Waals surface area contributed by atoms with Crippen LogP contribution in [-0.2, 0) is 4.74 Å². The molecule has 3 heterocycles. The zero-order valence-corrected chi connectivity index (χ0v) is 10.9. The fraction of sp³-hybridized carbons (Fsp3) is 0.571. The zero-order valence-electron chi connectivity index (χ0n) is 10.9. The third kappa shape index (κ3) is 2.08. The van der Waals surface area contributed by atoms with Gasteiger partial charge in [-0.15, -0.1) is 0 Å². The molecule has 0 spiro atoms. The van der Waals surface area contributed by atoms with Crippen LogP contribution in [0.2, 0.25) is 0 Å². The summed E-state index contributed by atoms with van der Waals surface area (Å²) in [6.45, 7) is 0.848. The normalized spacial score (nSPS) is 23.7. The quantitative estimate of drug-likeness (QED) is 0.850. The lowest BCUT2D eigenvalue weighted by Gasteiger charge is -2.22. The number of nitrogens with zero attached hydrogens (tertiary/aromatic N) is 4. The lowest BCUT2D eigenvalue weighted by molar-refractivity contribution is -0.0396. The molecule has 1 atom stereocenters. The van der Waals surface area contributed by atoms with Gasteiger partial charge in [0, 0.05) is 24.9 Å². The number of hydrogen-bond acceptors (Lipinski definition) is 3. The first-order chi connectivity index (χ1) is 9.42. The molecule has 100 valence electrons. The van der Waals surface area contributed by atoms with E-state index < -0.39 is 0 Å². The smallest absolute Gasteiger partial charge is 0.150 e. The minimum absolute atomic E-state index is 0.107. The van der Waals surface area contributed by atoms with Crippen LogP contribution >= 0.6 is 0 Å². The van der Waals surface area contributed by atoms with Crippen molar-refractivity contribution in [2.75, 3.05) is 6.61 Å². The van der Waals surface area contributed by atoms with E-state index in [1.54, 1.807) is 0 Å². The monoisotopic (exact) mass is 258 g/mol. The minimum atomic E-state index is 0.107. The Morgan fingerprint density at radius 3 is 2.84 bits per heavy atom. The molecule has 0 bridgehead atoms.